The van der Waals surface area contributed by atoms with E-state index >= 15 is 0 Å². The molecule has 15 heavy (non-hydrogen) atoms. The number of aryl methyl sites for hydroxylation is 1. The summed E-state index contributed by atoms with van der Waals surface area (Å²) in [5.41, 5.74) is 0.739. The van der Waals surface area contributed by atoms with Crippen LogP contribution in [0.1, 0.15) is 24.6 Å². The number of halogens is 1. The number of nitrogens with zero attached hydrogens (tertiary/aromatic N) is 2. The van der Waals surface area contributed by atoms with Gasteiger partial charge in [-0.05, 0) is 31.8 Å². The molecule has 0 radical (unpaired) electrons. The zero-order chi connectivity index (χ0) is 10.8. The van der Waals surface area contributed by atoms with Crippen LogP contribution in [0.3, 0.4) is 0 Å². The highest BCUT2D eigenvalue weighted by molar-refractivity contribution is 6.31. The van der Waals surface area contributed by atoms with Gasteiger partial charge in [-0.25, -0.2) is 0 Å². The fourth-order valence-corrected chi connectivity index (χ4v) is 2.41. The van der Waals surface area contributed by atoms with Crippen LogP contribution in [0.15, 0.2) is 6.20 Å². The largest absolute Gasteiger partial charge is 0.386 e. The fourth-order valence-electron chi connectivity index (χ4n) is 2.14. The van der Waals surface area contributed by atoms with Crippen molar-refractivity contribution in [3.63, 3.8) is 0 Å². The van der Waals surface area contributed by atoms with E-state index in [1.807, 2.05) is 7.05 Å². The number of nitrogens with one attached hydrogen (secondary N) is 1. The summed E-state index contributed by atoms with van der Waals surface area (Å²) in [6.07, 6.45) is 3.07. The van der Waals surface area contributed by atoms with Crippen molar-refractivity contribution in [2.24, 2.45) is 13.0 Å². The first-order chi connectivity index (χ1) is 7.20. The topological polar surface area (TPSA) is 50.1 Å². The molecule has 1 unspecified atom stereocenters. The minimum atomic E-state index is -0.493. The summed E-state index contributed by atoms with van der Waals surface area (Å²) in [6, 6.07) is 0. The molecule has 0 aliphatic carbocycles. The number of aromatic nitrogens is 2. The van der Waals surface area contributed by atoms with Gasteiger partial charge in [-0.3, -0.25) is 4.68 Å². The van der Waals surface area contributed by atoms with Gasteiger partial charge in [0, 0.05) is 7.05 Å². The van der Waals surface area contributed by atoms with Gasteiger partial charge >= 0.3 is 0 Å². The molecule has 84 valence electrons. The smallest absolute Gasteiger partial charge is 0.100 e. The Balaban J connectivity index is 2.15. The monoisotopic (exact) mass is 229 g/mol. The Labute approximate surface area is 94.2 Å². The van der Waals surface area contributed by atoms with Crippen LogP contribution in [-0.4, -0.2) is 28.0 Å². The van der Waals surface area contributed by atoms with Gasteiger partial charge in [0.25, 0.3) is 0 Å². The quantitative estimate of drug-likeness (QED) is 0.799. The van der Waals surface area contributed by atoms with Gasteiger partial charge < -0.3 is 10.4 Å². The normalized spacial score (nSPS) is 20.5. The molecule has 0 aromatic carbocycles. The molecule has 2 rings (SSSR count). The first kappa shape index (κ1) is 10.9. The molecule has 1 aliphatic heterocycles. The summed E-state index contributed by atoms with van der Waals surface area (Å²) >= 11 is 6.00. The Bertz CT molecular complexity index is 314. The molecule has 0 spiro atoms. The number of aliphatic hydroxyl groups excluding tert-OH is 1. The van der Waals surface area contributed by atoms with Crippen LogP contribution < -0.4 is 5.32 Å². The third-order valence-corrected chi connectivity index (χ3v) is 3.34. The lowest BCUT2D eigenvalue weighted by Gasteiger charge is -2.27. The second-order valence-electron chi connectivity index (χ2n) is 4.03. The van der Waals surface area contributed by atoms with E-state index in [1.54, 1.807) is 10.9 Å². The van der Waals surface area contributed by atoms with Crippen molar-refractivity contribution in [1.82, 2.24) is 15.1 Å². The number of hydrogen-bond donors (Lipinski definition) is 2. The van der Waals surface area contributed by atoms with E-state index in [0.29, 0.717) is 10.9 Å². The molecular formula is C10H16ClN3O. The van der Waals surface area contributed by atoms with Gasteiger partial charge in [-0.1, -0.05) is 11.6 Å². The first-order valence-electron chi connectivity index (χ1n) is 5.26. The zero-order valence-electron chi connectivity index (χ0n) is 8.78. The highest BCUT2D eigenvalue weighted by atomic mass is 35.5. The number of rotatable bonds is 2. The Morgan fingerprint density at radius 3 is 2.80 bits per heavy atom. The predicted octanol–water partition coefficient (Wildman–Crippen LogP) is 1.11. The van der Waals surface area contributed by atoms with E-state index in [9.17, 15) is 5.11 Å². The molecule has 1 fully saturated rings. The van der Waals surface area contributed by atoms with Crippen molar-refractivity contribution in [1.29, 1.82) is 0 Å². The van der Waals surface area contributed by atoms with Crippen LogP contribution >= 0.6 is 11.6 Å². The van der Waals surface area contributed by atoms with Crippen molar-refractivity contribution < 1.29 is 5.11 Å². The standard InChI is InChI=1S/C10H16ClN3O/c1-14-9(8(11)6-13-14)10(15)7-2-4-12-5-3-7/h6-7,10,12,15H,2-5H2,1H3. The summed E-state index contributed by atoms with van der Waals surface area (Å²) in [7, 11) is 1.81. The second-order valence-corrected chi connectivity index (χ2v) is 4.44. The van der Waals surface area contributed by atoms with Gasteiger partial charge in [0.05, 0.1) is 16.9 Å². The van der Waals surface area contributed by atoms with Gasteiger partial charge in [0.2, 0.25) is 0 Å². The molecule has 4 nitrogen and oxygen atoms in total. The van der Waals surface area contributed by atoms with Crippen LogP contribution in [0, 0.1) is 5.92 Å². The minimum Gasteiger partial charge on any atom is -0.386 e. The lowest BCUT2D eigenvalue weighted by atomic mass is 9.90. The van der Waals surface area contributed by atoms with Crippen LogP contribution in [-0.2, 0) is 7.05 Å². The third-order valence-electron chi connectivity index (χ3n) is 3.05. The van der Waals surface area contributed by atoms with Crippen LogP contribution in [0.5, 0.6) is 0 Å². The third kappa shape index (κ3) is 2.17. The molecular weight excluding hydrogens is 214 g/mol. The molecule has 1 aromatic rings. The SMILES string of the molecule is Cn1ncc(Cl)c1C(O)C1CCNCC1. The molecule has 0 amide bonds. The van der Waals surface area contributed by atoms with Gasteiger partial charge in [-0.2, -0.15) is 5.10 Å². The van der Waals surface area contributed by atoms with E-state index in [0.717, 1.165) is 31.6 Å². The summed E-state index contributed by atoms with van der Waals surface area (Å²) in [5, 5.41) is 18.1. The molecule has 0 saturated carbocycles. The zero-order valence-corrected chi connectivity index (χ0v) is 9.54. The van der Waals surface area contributed by atoms with Crippen LogP contribution in [0.2, 0.25) is 5.02 Å². The van der Waals surface area contributed by atoms with Crippen molar-refractivity contribution in [3.05, 3.63) is 16.9 Å². The Morgan fingerprint density at radius 2 is 2.27 bits per heavy atom. The van der Waals surface area contributed by atoms with Crippen molar-refractivity contribution in [2.75, 3.05) is 13.1 Å². The Morgan fingerprint density at radius 1 is 1.60 bits per heavy atom. The first-order valence-corrected chi connectivity index (χ1v) is 5.64. The van der Waals surface area contributed by atoms with E-state index in [4.69, 9.17) is 11.6 Å². The summed E-state index contributed by atoms with van der Waals surface area (Å²) < 4.78 is 1.66. The highest BCUT2D eigenvalue weighted by Gasteiger charge is 2.26. The Hall–Kier alpha value is -0.580. The van der Waals surface area contributed by atoms with E-state index < -0.39 is 6.10 Å². The molecule has 1 aliphatic rings. The summed E-state index contributed by atoms with van der Waals surface area (Å²) in [5.74, 6) is 0.291. The van der Waals surface area contributed by atoms with Gasteiger partial charge in [-0.15, -0.1) is 0 Å². The van der Waals surface area contributed by atoms with Crippen LogP contribution in [0.4, 0.5) is 0 Å². The van der Waals surface area contributed by atoms with E-state index in [-0.39, 0.29) is 0 Å². The molecule has 2 N–H and O–H groups in total. The average molecular weight is 230 g/mol. The maximum absolute atomic E-state index is 10.2. The van der Waals surface area contributed by atoms with E-state index in [1.165, 1.54) is 0 Å². The molecule has 2 heterocycles. The minimum absolute atomic E-state index is 0.291. The van der Waals surface area contributed by atoms with Crippen molar-refractivity contribution >= 4 is 11.6 Å². The van der Waals surface area contributed by atoms with Crippen molar-refractivity contribution in [2.45, 2.75) is 18.9 Å². The number of aliphatic hydroxyl groups is 1. The second kappa shape index (κ2) is 4.51. The Kier molecular flexibility index (Phi) is 3.29. The lowest BCUT2D eigenvalue weighted by molar-refractivity contribution is 0.0817. The van der Waals surface area contributed by atoms with Gasteiger partial charge in [0.15, 0.2) is 0 Å². The molecule has 1 saturated heterocycles. The maximum atomic E-state index is 10.2. The molecule has 1 aromatic heterocycles. The molecule has 1 atom stereocenters. The molecule has 0 bridgehead atoms. The number of hydrogen-bond acceptors (Lipinski definition) is 3. The van der Waals surface area contributed by atoms with Crippen molar-refractivity contribution in [3.8, 4) is 0 Å². The maximum Gasteiger partial charge on any atom is 0.100 e. The fraction of sp³-hybridized carbons (Fsp3) is 0.700. The van der Waals surface area contributed by atoms with E-state index in [2.05, 4.69) is 10.4 Å². The lowest BCUT2D eigenvalue weighted by Crippen LogP contribution is -2.31. The number of piperidine rings is 1. The highest BCUT2D eigenvalue weighted by Crippen LogP contribution is 2.32. The summed E-state index contributed by atoms with van der Waals surface area (Å²) in [4.78, 5) is 0. The van der Waals surface area contributed by atoms with Crippen LogP contribution in [0.25, 0.3) is 0 Å². The van der Waals surface area contributed by atoms with Gasteiger partial charge in [0.1, 0.15) is 6.10 Å². The predicted molar refractivity (Wildman–Crippen MR) is 58.8 cm³/mol. The average Bonchev–Trinajstić information content (AvgIpc) is 2.59. The molecule has 5 heteroatoms. The summed E-state index contributed by atoms with van der Waals surface area (Å²) in [6.45, 7) is 1.94.